The van der Waals surface area contributed by atoms with Crippen LogP contribution in [0.5, 0.6) is 0 Å². The topological polar surface area (TPSA) is 58.6 Å². The van der Waals surface area contributed by atoms with Crippen molar-refractivity contribution in [1.29, 1.82) is 0 Å². The fourth-order valence-corrected chi connectivity index (χ4v) is 2.50. The van der Waals surface area contributed by atoms with Gasteiger partial charge in [-0.15, -0.1) is 0 Å². The molecular weight excluding hydrogens is 268 g/mol. The minimum atomic E-state index is -0.333. The summed E-state index contributed by atoms with van der Waals surface area (Å²) >= 11 is 0. The number of hydrogen-bond donors (Lipinski definition) is 1. The van der Waals surface area contributed by atoms with Crippen LogP contribution in [0.25, 0.3) is 0 Å². The average molecular weight is 288 g/mol. The van der Waals surface area contributed by atoms with Gasteiger partial charge < -0.3 is 15.0 Å². The van der Waals surface area contributed by atoms with Gasteiger partial charge in [-0.3, -0.25) is 4.79 Å². The van der Waals surface area contributed by atoms with Crippen molar-refractivity contribution < 1.29 is 14.3 Å². The zero-order valence-electron chi connectivity index (χ0n) is 12.0. The number of nitrogens with one attached hydrogen (secondary N) is 1. The van der Waals surface area contributed by atoms with Crippen molar-refractivity contribution in [3.8, 4) is 0 Å². The summed E-state index contributed by atoms with van der Waals surface area (Å²) in [6, 6.07) is 9.96. The van der Waals surface area contributed by atoms with E-state index in [0.717, 1.165) is 24.8 Å². The Morgan fingerprint density at radius 1 is 1.19 bits per heavy atom. The maximum atomic E-state index is 12.0. The molecule has 3 rings (SSSR count). The number of likely N-dealkylation sites (tertiary alicyclic amines) is 1. The van der Waals surface area contributed by atoms with Gasteiger partial charge in [0.1, 0.15) is 6.61 Å². The maximum absolute atomic E-state index is 12.0. The molecule has 1 heterocycles. The average Bonchev–Trinajstić information content (AvgIpc) is 3.18. The first-order valence-electron chi connectivity index (χ1n) is 7.48. The van der Waals surface area contributed by atoms with Gasteiger partial charge in [-0.05, 0) is 24.8 Å². The van der Waals surface area contributed by atoms with E-state index in [1.54, 1.807) is 4.90 Å². The monoisotopic (exact) mass is 288 g/mol. The van der Waals surface area contributed by atoms with Crippen molar-refractivity contribution >= 4 is 12.0 Å². The molecule has 2 aliphatic rings. The normalized spacial score (nSPS) is 21.1. The fourth-order valence-electron chi connectivity index (χ4n) is 2.50. The molecule has 0 bridgehead atoms. The molecule has 1 N–H and O–H groups in total. The lowest BCUT2D eigenvalue weighted by molar-refractivity contribution is -0.124. The molecule has 2 fully saturated rings. The highest BCUT2D eigenvalue weighted by Crippen LogP contribution is 2.22. The first-order chi connectivity index (χ1) is 10.2. The van der Waals surface area contributed by atoms with Gasteiger partial charge in [0.25, 0.3) is 0 Å². The lowest BCUT2D eigenvalue weighted by Crippen LogP contribution is -2.35. The number of carbonyl (C=O) groups is 2. The Bertz CT molecular complexity index is 514. The second-order valence-electron chi connectivity index (χ2n) is 5.75. The summed E-state index contributed by atoms with van der Waals surface area (Å²) in [4.78, 5) is 25.6. The number of rotatable bonds is 4. The summed E-state index contributed by atoms with van der Waals surface area (Å²) in [5, 5.41) is 3.00. The van der Waals surface area contributed by atoms with Crippen molar-refractivity contribution in [2.75, 3.05) is 13.1 Å². The summed E-state index contributed by atoms with van der Waals surface area (Å²) in [6.45, 7) is 1.33. The van der Waals surface area contributed by atoms with Crippen molar-refractivity contribution in [3.05, 3.63) is 35.9 Å². The molecular formula is C16H20N2O3. The van der Waals surface area contributed by atoms with Gasteiger partial charge in [0.05, 0.1) is 5.92 Å². The molecule has 1 aliphatic heterocycles. The smallest absolute Gasteiger partial charge is 0.410 e. The summed E-state index contributed by atoms with van der Waals surface area (Å²) in [7, 11) is 0. The standard InChI is InChI=1S/C16H20N2O3/c19-15(17-14-6-7-14)13-8-9-18(10-13)16(20)21-11-12-4-2-1-3-5-12/h1-5,13-14H,6-11H2,(H,17,19)/t13-/m1/s1. The van der Waals surface area contributed by atoms with Crippen LogP contribution in [0.15, 0.2) is 30.3 Å². The van der Waals surface area contributed by atoms with Gasteiger partial charge in [-0.2, -0.15) is 0 Å². The van der Waals surface area contributed by atoms with Gasteiger partial charge in [0.15, 0.2) is 0 Å². The van der Waals surface area contributed by atoms with Crippen molar-refractivity contribution in [2.24, 2.45) is 5.92 Å². The summed E-state index contributed by atoms with van der Waals surface area (Å²) in [6.07, 6.45) is 2.56. The molecule has 0 radical (unpaired) electrons. The number of ether oxygens (including phenoxy) is 1. The highest BCUT2D eigenvalue weighted by Gasteiger charge is 2.34. The second kappa shape index (κ2) is 6.16. The minimum absolute atomic E-state index is 0.0795. The summed E-state index contributed by atoms with van der Waals surface area (Å²) in [5.74, 6) is -0.00858. The Morgan fingerprint density at radius 3 is 2.67 bits per heavy atom. The van der Waals surface area contributed by atoms with E-state index in [0.29, 0.717) is 19.1 Å². The lowest BCUT2D eigenvalue weighted by atomic mass is 10.1. The molecule has 5 heteroatoms. The van der Waals surface area contributed by atoms with Crippen LogP contribution in [0, 0.1) is 5.92 Å². The fraction of sp³-hybridized carbons (Fsp3) is 0.500. The molecule has 5 nitrogen and oxygen atoms in total. The maximum Gasteiger partial charge on any atom is 0.410 e. The molecule has 0 unspecified atom stereocenters. The summed E-state index contributed by atoms with van der Waals surface area (Å²) < 4.78 is 5.29. The molecule has 0 aromatic heterocycles. The van der Waals surface area contributed by atoms with Crippen LogP contribution < -0.4 is 5.32 Å². The van der Waals surface area contributed by atoms with E-state index in [9.17, 15) is 9.59 Å². The first-order valence-corrected chi connectivity index (χ1v) is 7.48. The third-order valence-electron chi connectivity index (χ3n) is 3.95. The van der Waals surface area contributed by atoms with Crippen molar-refractivity contribution in [1.82, 2.24) is 10.2 Å². The number of benzene rings is 1. The molecule has 0 spiro atoms. The zero-order valence-corrected chi connectivity index (χ0v) is 12.0. The SMILES string of the molecule is O=C(NC1CC1)[C@@H]1CCN(C(=O)OCc2ccccc2)C1. The van der Waals surface area contributed by atoms with Crippen LogP contribution in [-0.2, 0) is 16.1 Å². The Kier molecular flexibility index (Phi) is 4.08. The van der Waals surface area contributed by atoms with E-state index in [1.807, 2.05) is 30.3 Å². The molecule has 112 valence electrons. The van der Waals surface area contributed by atoms with Crippen molar-refractivity contribution in [3.63, 3.8) is 0 Å². The van der Waals surface area contributed by atoms with E-state index in [4.69, 9.17) is 4.74 Å². The minimum Gasteiger partial charge on any atom is -0.445 e. The first kappa shape index (κ1) is 13.9. The predicted octanol–water partition coefficient (Wildman–Crippen LogP) is 1.92. The van der Waals surface area contributed by atoms with Crippen molar-refractivity contribution in [2.45, 2.75) is 31.9 Å². The Labute approximate surface area is 124 Å². The summed E-state index contributed by atoms with van der Waals surface area (Å²) in [5.41, 5.74) is 0.966. The van der Waals surface area contributed by atoms with Crippen LogP contribution in [0.1, 0.15) is 24.8 Å². The van der Waals surface area contributed by atoms with Crippen LogP contribution in [0.4, 0.5) is 4.79 Å². The Balaban J connectivity index is 1.44. The third-order valence-corrected chi connectivity index (χ3v) is 3.95. The number of hydrogen-bond acceptors (Lipinski definition) is 3. The number of nitrogens with zero attached hydrogens (tertiary/aromatic N) is 1. The van der Waals surface area contributed by atoms with Gasteiger partial charge in [0.2, 0.25) is 5.91 Å². The molecule has 1 aromatic carbocycles. The molecule has 1 aromatic rings. The molecule has 21 heavy (non-hydrogen) atoms. The van der Waals surface area contributed by atoms with Gasteiger partial charge >= 0.3 is 6.09 Å². The van der Waals surface area contributed by atoms with Crippen LogP contribution in [-0.4, -0.2) is 36.0 Å². The predicted molar refractivity (Wildman–Crippen MR) is 77.5 cm³/mol. The molecule has 1 atom stereocenters. The van der Waals surface area contributed by atoms with Crippen LogP contribution in [0.2, 0.25) is 0 Å². The van der Waals surface area contributed by atoms with E-state index in [1.165, 1.54) is 0 Å². The number of amides is 2. The van der Waals surface area contributed by atoms with E-state index in [-0.39, 0.29) is 24.5 Å². The lowest BCUT2D eigenvalue weighted by Gasteiger charge is -2.16. The van der Waals surface area contributed by atoms with E-state index in [2.05, 4.69) is 5.32 Å². The quantitative estimate of drug-likeness (QED) is 0.921. The van der Waals surface area contributed by atoms with Gasteiger partial charge in [-0.1, -0.05) is 30.3 Å². The third kappa shape index (κ3) is 3.74. The van der Waals surface area contributed by atoms with Crippen LogP contribution >= 0.6 is 0 Å². The zero-order chi connectivity index (χ0) is 14.7. The Morgan fingerprint density at radius 2 is 1.95 bits per heavy atom. The molecule has 2 amide bonds. The Hall–Kier alpha value is -2.04. The largest absolute Gasteiger partial charge is 0.445 e. The molecule has 1 saturated carbocycles. The molecule has 1 saturated heterocycles. The highest BCUT2D eigenvalue weighted by atomic mass is 16.6. The number of carbonyl (C=O) groups excluding carboxylic acids is 2. The highest BCUT2D eigenvalue weighted by molar-refractivity contribution is 5.81. The van der Waals surface area contributed by atoms with Crippen LogP contribution in [0.3, 0.4) is 0 Å². The van der Waals surface area contributed by atoms with Gasteiger partial charge in [0, 0.05) is 19.1 Å². The van der Waals surface area contributed by atoms with Gasteiger partial charge in [-0.25, -0.2) is 4.79 Å². The molecule has 1 aliphatic carbocycles. The second-order valence-corrected chi connectivity index (χ2v) is 5.75. The van der Waals surface area contributed by atoms with E-state index >= 15 is 0 Å². The van der Waals surface area contributed by atoms with E-state index < -0.39 is 0 Å².